The Morgan fingerprint density at radius 1 is 1.04 bits per heavy atom. The second-order valence-electron chi connectivity index (χ2n) is 10.3. The summed E-state index contributed by atoms with van der Waals surface area (Å²) in [6, 6.07) is 9.47. The van der Waals surface area contributed by atoms with Crippen LogP contribution in [0.15, 0.2) is 30.5 Å². The van der Waals surface area contributed by atoms with Crippen LogP contribution in [0.4, 0.5) is 0 Å². The Morgan fingerprint density at radius 3 is 2.12 bits per heavy atom. The van der Waals surface area contributed by atoms with E-state index in [2.05, 4.69) is 101 Å². The normalized spacial score (nSPS) is 12.7. The van der Waals surface area contributed by atoms with Gasteiger partial charge in [-0.15, -0.1) is 0 Å². The number of hydrogen-bond donors (Lipinski definition) is 0. The second-order valence-corrected chi connectivity index (χ2v) is 20.9. The number of aromatic nitrogens is 1. The van der Waals surface area contributed by atoms with E-state index in [0.29, 0.717) is 5.92 Å². The monoisotopic (exact) mass is 414 g/mol. The molecule has 0 fully saturated rings. The quantitative estimate of drug-likeness (QED) is 0.459. The van der Waals surface area contributed by atoms with E-state index < -0.39 is 13.3 Å². The van der Waals surface area contributed by atoms with Gasteiger partial charge in [-0.25, -0.2) is 0 Å². The molecule has 2 rings (SSSR count). The Labute approximate surface area is 164 Å². The fourth-order valence-corrected chi connectivity index (χ4v) is 7.27. The number of benzene rings is 1. The molecular weight excluding hydrogens is 375 g/mol. The van der Waals surface area contributed by atoms with Gasteiger partial charge in [0.2, 0.25) is 0 Å². The third-order valence-corrected chi connectivity index (χ3v) is 9.50. The fraction of sp³-hybridized carbons (Fsp3) is 0.542. The third kappa shape index (κ3) is 4.79. The van der Waals surface area contributed by atoms with Gasteiger partial charge in [-0.2, -0.15) is 0 Å². The summed E-state index contributed by atoms with van der Waals surface area (Å²) in [5.74, 6) is 8.19. The van der Waals surface area contributed by atoms with Gasteiger partial charge in [0.05, 0.1) is 0 Å². The van der Waals surface area contributed by atoms with Crippen molar-refractivity contribution in [1.29, 1.82) is 0 Å². The van der Waals surface area contributed by atoms with Gasteiger partial charge >= 0.3 is 164 Å². The summed E-state index contributed by atoms with van der Waals surface area (Å²) in [7, 11) is 2.21. The SMILES string of the molecule is Cc1cc(C(C)(C)C)ccc1-c1cc(CC(C)C)[c]([Ge]([CH3])([CH3])[CH3])c[n+]1C. The minimum atomic E-state index is -1.90. The van der Waals surface area contributed by atoms with Crippen molar-refractivity contribution in [2.24, 2.45) is 13.0 Å². The molecule has 1 aromatic heterocycles. The summed E-state index contributed by atoms with van der Waals surface area (Å²) in [6.07, 6.45) is 3.61. The van der Waals surface area contributed by atoms with Crippen LogP contribution in [-0.2, 0) is 18.9 Å². The average molecular weight is 413 g/mol. The Kier molecular flexibility index (Phi) is 6.12. The van der Waals surface area contributed by atoms with E-state index in [0.717, 1.165) is 0 Å². The number of hydrogen-bond acceptors (Lipinski definition) is 0. The Morgan fingerprint density at radius 2 is 1.65 bits per heavy atom. The van der Waals surface area contributed by atoms with E-state index in [1.165, 1.54) is 28.8 Å². The summed E-state index contributed by atoms with van der Waals surface area (Å²) >= 11 is -1.90. The molecule has 0 unspecified atom stereocenters. The van der Waals surface area contributed by atoms with Crippen LogP contribution in [0.25, 0.3) is 11.3 Å². The first kappa shape index (κ1) is 21.2. The van der Waals surface area contributed by atoms with Gasteiger partial charge in [0.1, 0.15) is 0 Å². The van der Waals surface area contributed by atoms with Gasteiger partial charge in [-0.05, 0) is 0 Å². The van der Waals surface area contributed by atoms with Crippen molar-refractivity contribution in [2.45, 2.75) is 70.6 Å². The van der Waals surface area contributed by atoms with Gasteiger partial charge in [-0.1, -0.05) is 0 Å². The molecule has 0 saturated heterocycles. The van der Waals surface area contributed by atoms with Crippen LogP contribution in [0, 0.1) is 12.8 Å². The summed E-state index contributed by atoms with van der Waals surface area (Å²) in [5, 5.41) is 0. The van der Waals surface area contributed by atoms with Crippen LogP contribution in [-0.4, -0.2) is 13.3 Å². The van der Waals surface area contributed by atoms with E-state index >= 15 is 0 Å². The molecule has 0 radical (unpaired) electrons. The zero-order chi connectivity index (χ0) is 19.9. The molecule has 0 aliphatic carbocycles. The molecule has 1 heterocycles. The zero-order valence-electron chi connectivity index (χ0n) is 18.6. The van der Waals surface area contributed by atoms with E-state index in [9.17, 15) is 0 Å². The zero-order valence-corrected chi connectivity index (χ0v) is 20.7. The van der Waals surface area contributed by atoms with Crippen molar-refractivity contribution in [1.82, 2.24) is 0 Å². The summed E-state index contributed by atoms with van der Waals surface area (Å²) < 4.78 is 4.00. The molecule has 0 saturated carbocycles. The van der Waals surface area contributed by atoms with Crippen LogP contribution in [0.3, 0.4) is 0 Å². The van der Waals surface area contributed by atoms with Gasteiger partial charge in [-0.3, -0.25) is 0 Å². The molecule has 0 atom stereocenters. The van der Waals surface area contributed by atoms with Crippen LogP contribution in [0.2, 0.25) is 17.3 Å². The molecule has 0 aliphatic rings. The Balaban J connectivity index is 2.64. The molecule has 26 heavy (non-hydrogen) atoms. The first-order valence-corrected chi connectivity index (χ1v) is 17.3. The average Bonchev–Trinajstić information content (AvgIpc) is 2.46. The van der Waals surface area contributed by atoms with Crippen molar-refractivity contribution >= 4 is 17.7 Å². The summed E-state index contributed by atoms with van der Waals surface area (Å²) in [5.41, 5.74) is 7.24. The van der Waals surface area contributed by atoms with Gasteiger partial charge in [0, 0.05) is 0 Å². The molecule has 2 aromatic rings. The molecule has 142 valence electrons. The number of aryl methyl sites for hydroxylation is 2. The fourth-order valence-electron chi connectivity index (χ4n) is 3.66. The predicted molar refractivity (Wildman–Crippen MR) is 118 cm³/mol. The van der Waals surface area contributed by atoms with Crippen LogP contribution in [0.1, 0.15) is 51.3 Å². The first-order valence-electron chi connectivity index (χ1n) is 9.95. The van der Waals surface area contributed by atoms with Gasteiger partial charge in [0.15, 0.2) is 0 Å². The standard InChI is InChI=1S/C24H38GeN/c1-17(2)13-19-15-23(26(10)16-22(19)25(7,8)9)21-12-11-20(14-18(21)3)24(4,5)6/h11-12,14-17H,13H2,1-10H3/q+1. The third-order valence-electron chi connectivity index (χ3n) is 5.16. The molecule has 0 N–H and O–H groups in total. The molecule has 0 bridgehead atoms. The van der Waals surface area contributed by atoms with Crippen molar-refractivity contribution in [3.05, 3.63) is 47.2 Å². The van der Waals surface area contributed by atoms with E-state index in [-0.39, 0.29) is 5.41 Å². The molecular formula is C24H38GeN+. The molecule has 1 aromatic carbocycles. The number of nitrogens with zero attached hydrogens (tertiary/aromatic N) is 1. The Bertz CT molecular complexity index is 789. The minimum absolute atomic E-state index is 0.192. The number of pyridine rings is 1. The maximum absolute atomic E-state index is 2.50. The van der Waals surface area contributed by atoms with Gasteiger partial charge in [0.25, 0.3) is 0 Å². The van der Waals surface area contributed by atoms with Crippen LogP contribution >= 0.6 is 0 Å². The van der Waals surface area contributed by atoms with Crippen LogP contribution < -0.4 is 8.96 Å². The molecule has 0 amide bonds. The predicted octanol–water partition coefficient (Wildman–Crippen LogP) is 5.53. The molecule has 0 spiro atoms. The van der Waals surface area contributed by atoms with E-state index in [1.807, 2.05) is 0 Å². The van der Waals surface area contributed by atoms with Crippen molar-refractivity contribution in [3.63, 3.8) is 0 Å². The topological polar surface area (TPSA) is 3.88 Å². The summed E-state index contributed by atoms with van der Waals surface area (Å²) in [4.78, 5) is 0. The van der Waals surface area contributed by atoms with E-state index in [1.54, 1.807) is 9.96 Å². The molecule has 0 aliphatic heterocycles. The molecule has 1 nitrogen and oxygen atoms in total. The van der Waals surface area contributed by atoms with E-state index in [4.69, 9.17) is 0 Å². The first-order chi connectivity index (χ1) is 11.8. The van der Waals surface area contributed by atoms with Crippen LogP contribution in [0.5, 0.6) is 0 Å². The van der Waals surface area contributed by atoms with Crippen molar-refractivity contribution < 1.29 is 4.57 Å². The maximum atomic E-state index is 2.50. The second kappa shape index (κ2) is 7.50. The number of rotatable bonds is 4. The van der Waals surface area contributed by atoms with Crippen molar-refractivity contribution in [3.8, 4) is 11.3 Å². The van der Waals surface area contributed by atoms with Gasteiger partial charge < -0.3 is 0 Å². The molecule has 2 heteroatoms. The van der Waals surface area contributed by atoms with Crippen molar-refractivity contribution in [2.75, 3.05) is 0 Å². The Hall–Kier alpha value is -1.09. The summed E-state index contributed by atoms with van der Waals surface area (Å²) in [6.45, 7) is 13.8.